The van der Waals surface area contributed by atoms with E-state index in [9.17, 15) is 13.2 Å². The summed E-state index contributed by atoms with van der Waals surface area (Å²) in [5.74, 6) is 0.186. The van der Waals surface area contributed by atoms with E-state index < -0.39 is 11.2 Å². The van der Waals surface area contributed by atoms with Crippen LogP contribution in [0.3, 0.4) is 0 Å². The molecule has 0 radical (unpaired) electrons. The molecule has 6 heteroatoms. The molecule has 0 amide bonds. The van der Waals surface area contributed by atoms with Crippen LogP contribution in [0.15, 0.2) is 6.20 Å². The third kappa shape index (κ3) is 3.22. The predicted octanol–water partition coefficient (Wildman–Crippen LogP) is 4.97. The summed E-state index contributed by atoms with van der Waals surface area (Å²) in [4.78, 5) is 4.55. The Morgan fingerprint density at radius 2 is 1.94 bits per heavy atom. The minimum absolute atomic E-state index is 0.186. The molecule has 17 heavy (non-hydrogen) atoms. The Kier molecular flexibility index (Phi) is 4.13. The van der Waals surface area contributed by atoms with Crippen molar-refractivity contribution in [3.63, 3.8) is 0 Å². The van der Waals surface area contributed by atoms with E-state index in [-0.39, 0.29) is 10.7 Å². The molecule has 0 bridgehead atoms. The fourth-order valence-corrected chi connectivity index (χ4v) is 4.20. The molecule has 1 aliphatic carbocycles. The summed E-state index contributed by atoms with van der Waals surface area (Å²) in [6, 6.07) is 0. The zero-order valence-electron chi connectivity index (χ0n) is 9.13. The number of nitrogens with zero attached hydrogens (tertiary/aromatic N) is 1. The molecule has 0 aliphatic heterocycles. The molecule has 0 spiro atoms. The molecule has 2 rings (SSSR count). The zero-order chi connectivity index (χ0) is 12.5. The molecule has 1 fully saturated rings. The van der Waals surface area contributed by atoms with Crippen molar-refractivity contribution in [1.29, 1.82) is 0 Å². The van der Waals surface area contributed by atoms with E-state index >= 15 is 0 Å². The molecule has 1 aliphatic rings. The van der Waals surface area contributed by atoms with E-state index in [2.05, 4.69) is 20.9 Å². The highest BCUT2D eigenvalue weighted by Gasteiger charge is 2.36. The molecular weight excluding hydrogens is 315 g/mol. The smallest absolute Gasteiger partial charge is 0.240 e. The number of hydrogen-bond acceptors (Lipinski definition) is 2. The lowest BCUT2D eigenvalue weighted by atomic mass is 9.99. The van der Waals surface area contributed by atoms with E-state index in [1.54, 1.807) is 0 Å². The van der Waals surface area contributed by atoms with Gasteiger partial charge in [-0.2, -0.15) is 13.2 Å². The predicted molar refractivity (Wildman–Crippen MR) is 65.7 cm³/mol. The molecule has 0 N–H and O–H groups in total. The van der Waals surface area contributed by atoms with Crippen LogP contribution in [-0.4, -0.2) is 9.81 Å². The first-order chi connectivity index (χ1) is 7.98. The molecule has 0 saturated heterocycles. The Bertz CT molecular complexity index is 377. The second kappa shape index (κ2) is 5.26. The van der Waals surface area contributed by atoms with Crippen molar-refractivity contribution < 1.29 is 13.2 Å². The standard InChI is InChI=1S/C11H13BrF3NS/c12-8-5-3-1-2-4-7(8)9-6-16-10(17-9)11(13,14)15/h6-8H,1-5H2. The van der Waals surface area contributed by atoms with Crippen molar-refractivity contribution in [3.05, 3.63) is 16.1 Å². The van der Waals surface area contributed by atoms with Crippen LogP contribution in [0.4, 0.5) is 13.2 Å². The number of aromatic nitrogens is 1. The molecule has 1 aromatic rings. The van der Waals surface area contributed by atoms with Crippen LogP contribution in [0.5, 0.6) is 0 Å². The summed E-state index contributed by atoms with van der Waals surface area (Å²) < 4.78 is 37.4. The van der Waals surface area contributed by atoms with Crippen LogP contribution in [0.1, 0.15) is 47.9 Å². The quantitative estimate of drug-likeness (QED) is 0.524. The summed E-state index contributed by atoms with van der Waals surface area (Å²) in [5, 5.41) is -0.726. The van der Waals surface area contributed by atoms with E-state index in [0.29, 0.717) is 0 Å². The van der Waals surface area contributed by atoms with E-state index in [1.807, 2.05) is 0 Å². The maximum atomic E-state index is 12.5. The maximum absolute atomic E-state index is 12.5. The second-order valence-electron chi connectivity index (χ2n) is 4.33. The van der Waals surface area contributed by atoms with E-state index in [4.69, 9.17) is 0 Å². The van der Waals surface area contributed by atoms with Gasteiger partial charge in [0.1, 0.15) is 0 Å². The lowest BCUT2D eigenvalue weighted by Gasteiger charge is -2.17. The lowest BCUT2D eigenvalue weighted by Crippen LogP contribution is -2.09. The first kappa shape index (κ1) is 13.3. The summed E-state index contributed by atoms with van der Waals surface area (Å²) >= 11 is 4.39. The minimum Gasteiger partial charge on any atom is -0.240 e. The number of hydrogen-bond donors (Lipinski definition) is 0. The monoisotopic (exact) mass is 327 g/mol. The molecule has 2 unspecified atom stereocenters. The molecule has 1 aromatic heterocycles. The number of alkyl halides is 4. The van der Waals surface area contributed by atoms with Crippen molar-refractivity contribution in [1.82, 2.24) is 4.98 Å². The molecule has 1 saturated carbocycles. The summed E-state index contributed by atoms with van der Waals surface area (Å²) in [6.07, 6.45) is 2.49. The van der Waals surface area contributed by atoms with E-state index in [1.165, 1.54) is 12.6 Å². The van der Waals surface area contributed by atoms with Crippen LogP contribution < -0.4 is 0 Å². The number of rotatable bonds is 1. The van der Waals surface area contributed by atoms with Gasteiger partial charge in [-0.15, -0.1) is 11.3 Å². The van der Waals surface area contributed by atoms with Crippen molar-refractivity contribution in [2.24, 2.45) is 0 Å². The average molecular weight is 328 g/mol. The van der Waals surface area contributed by atoms with Crippen molar-refractivity contribution >= 4 is 27.3 Å². The fraction of sp³-hybridized carbons (Fsp3) is 0.727. The van der Waals surface area contributed by atoms with Crippen LogP contribution in [0, 0.1) is 0 Å². The highest BCUT2D eigenvalue weighted by molar-refractivity contribution is 9.09. The fourth-order valence-electron chi connectivity index (χ4n) is 2.17. The number of thiazole rings is 1. The highest BCUT2D eigenvalue weighted by atomic mass is 79.9. The lowest BCUT2D eigenvalue weighted by molar-refractivity contribution is -0.137. The van der Waals surface area contributed by atoms with Gasteiger partial charge in [-0.3, -0.25) is 0 Å². The molecule has 2 atom stereocenters. The number of halogens is 4. The van der Waals surface area contributed by atoms with Gasteiger partial charge >= 0.3 is 6.18 Å². The van der Waals surface area contributed by atoms with Gasteiger partial charge < -0.3 is 0 Å². The van der Waals surface area contributed by atoms with Crippen LogP contribution >= 0.6 is 27.3 Å². The zero-order valence-corrected chi connectivity index (χ0v) is 11.5. The van der Waals surface area contributed by atoms with Gasteiger partial charge in [0.05, 0.1) is 0 Å². The SMILES string of the molecule is FC(F)(F)c1ncc(C2CCCCCC2Br)s1. The van der Waals surface area contributed by atoms with Gasteiger partial charge in [-0.25, -0.2) is 4.98 Å². The Balaban J connectivity index is 2.18. The first-order valence-electron chi connectivity index (χ1n) is 5.65. The van der Waals surface area contributed by atoms with Crippen LogP contribution in [0.25, 0.3) is 0 Å². The van der Waals surface area contributed by atoms with Crippen molar-refractivity contribution in [2.45, 2.75) is 49.0 Å². The van der Waals surface area contributed by atoms with Gasteiger partial charge in [0.25, 0.3) is 0 Å². The summed E-state index contributed by atoms with van der Waals surface area (Å²) in [6.45, 7) is 0. The van der Waals surface area contributed by atoms with Gasteiger partial charge in [0, 0.05) is 21.8 Å². The highest BCUT2D eigenvalue weighted by Crippen LogP contribution is 2.41. The third-order valence-electron chi connectivity index (χ3n) is 3.06. The topological polar surface area (TPSA) is 12.9 Å². The largest absolute Gasteiger partial charge is 0.443 e. The third-order valence-corrected chi connectivity index (χ3v) is 5.33. The molecular formula is C11H13BrF3NS. The Labute approximate surface area is 111 Å². The summed E-state index contributed by atoms with van der Waals surface area (Å²) in [5.41, 5.74) is 0. The van der Waals surface area contributed by atoms with Crippen molar-refractivity contribution in [2.75, 3.05) is 0 Å². The second-order valence-corrected chi connectivity index (χ2v) is 6.56. The average Bonchev–Trinajstić information content (AvgIpc) is 2.63. The molecule has 96 valence electrons. The van der Waals surface area contributed by atoms with E-state index in [0.717, 1.165) is 41.9 Å². The molecule has 1 nitrogen and oxygen atoms in total. The Morgan fingerprint density at radius 3 is 2.59 bits per heavy atom. The van der Waals surface area contributed by atoms with Crippen LogP contribution in [-0.2, 0) is 6.18 Å². The first-order valence-corrected chi connectivity index (χ1v) is 7.38. The maximum Gasteiger partial charge on any atom is 0.443 e. The Morgan fingerprint density at radius 1 is 1.24 bits per heavy atom. The molecule has 0 aromatic carbocycles. The van der Waals surface area contributed by atoms with Gasteiger partial charge in [-0.05, 0) is 12.8 Å². The van der Waals surface area contributed by atoms with Gasteiger partial charge in [-0.1, -0.05) is 35.2 Å². The van der Waals surface area contributed by atoms with Gasteiger partial charge in [0.15, 0.2) is 5.01 Å². The normalized spacial score (nSPS) is 26.8. The Hall–Kier alpha value is -0.100. The molecule has 1 heterocycles. The van der Waals surface area contributed by atoms with Crippen LogP contribution in [0.2, 0.25) is 0 Å². The minimum atomic E-state index is -4.31. The summed E-state index contributed by atoms with van der Waals surface area (Å²) in [7, 11) is 0. The van der Waals surface area contributed by atoms with Crippen molar-refractivity contribution in [3.8, 4) is 0 Å². The van der Waals surface area contributed by atoms with Gasteiger partial charge in [0.2, 0.25) is 0 Å².